The Morgan fingerprint density at radius 2 is 2.11 bits per heavy atom. The van der Waals surface area contributed by atoms with Gasteiger partial charge in [0.15, 0.2) is 0 Å². The summed E-state index contributed by atoms with van der Waals surface area (Å²) in [7, 11) is 0. The van der Waals surface area contributed by atoms with Gasteiger partial charge in [0, 0.05) is 31.5 Å². The molecule has 1 atom stereocenters. The van der Waals surface area contributed by atoms with Crippen molar-refractivity contribution in [2.45, 2.75) is 45.2 Å². The van der Waals surface area contributed by atoms with Crippen molar-refractivity contribution in [1.82, 2.24) is 19.8 Å². The fraction of sp³-hybridized carbons (Fsp3) is 0.800. The van der Waals surface area contributed by atoms with Gasteiger partial charge in [-0.25, -0.2) is 4.98 Å². The highest BCUT2D eigenvalue weighted by molar-refractivity contribution is 4.89. The average molecular weight is 262 g/mol. The molecule has 106 valence electrons. The Morgan fingerprint density at radius 1 is 1.26 bits per heavy atom. The van der Waals surface area contributed by atoms with Crippen molar-refractivity contribution in [2.75, 3.05) is 26.2 Å². The van der Waals surface area contributed by atoms with E-state index in [4.69, 9.17) is 0 Å². The van der Waals surface area contributed by atoms with Crippen LogP contribution in [0.15, 0.2) is 12.4 Å². The van der Waals surface area contributed by atoms with Crippen molar-refractivity contribution >= 4 is 0 Å². The first-order valence-corrected chi connectivity index (χ1v) is 7.76. The smallest absolute Gasteiger partial charge is 0.105 e. The molecule has 19 heavy (non-hydrogen) atoms. The molecule has 4 heteroatoms. The van der Waals surface area contributed by atoms with Crippen LogP contribution in [0.2, 0.25) is 0 Å². The zero-order chi connectivity index (χ0) is 13.1. The summed E-state index contributed by atoms with van der Waals surface area (Å²) in [6, 6.07) is 0.818. The van der Waals surface area contributed by atoms with Crippen LogP contribution in [0, 0.1) is 12.8 Å². The van der Waals surface area contributed by atoms with Gasteiger partial charge in [0.1, 0.15) is 5.82 Å². The van der Waals surface area contributed by atoms with Crippen molar-refractivity contribution in [2.24, 2.45) is 5.92 Å². The molecule has 0 aliphatic carbocycles. The van der Waals surface area contributed by atoms with Gasteiger partial charge in [-0.05, 0) is 58.2 Å². The van der Waals surface area contributed by atoms with E-state index in [1.807, 2.05) is 6.20 Å². The molecular formula is C15H26N4. The van der Waals surface area contributed by atoms with Crippen LogP contribution in [0.1, 0.15) is 31.5 Å². The molecule has 2 aliphatic heterocycles. The fourth-order valence-electron chi connectivity index (χ4n) is 3.58. The Labute approximate surface area is 116 Å². The van der Waals surface area contributed by atoms with Gasteiger partial charge in [-0.15, -0.1) is 0 Å². The number of nitrogens with one attached hydrogen (secondary N) is 1. The Hall–Kier alpha value is -0.870. The Bertz CT molecular complexity index is 387. The van der Waals surface area contributed by atoms with E-state index in [0.29, 0.717) is 0 Å². The minimum atomic E-state index is 0.818. The zero-order valence-corrected chi connectivity index (χ0v) is 12.0. The van der Waals surface area contributed by atoms with Crippen LogP contribution in [0.3, 0.4) is 0 Å². The number of nitrogens with zero attached hydrogens (tertiary/aromatic N) is 3. The molecule has 2 saturated heterocycles. The number of hydrogen-bond donors (Lipinski definition) is 1. The first-order chi connectivity index (χ1) is 9.33. The molecule has 3 rings (SSSR count). The van der Waals surface area contributed by atoms with Gasteiger partial charge in [-0.1, -0.05) is 0 Å². The summed E-state index contributed by atoms with van der Waals surface area (Å²) < 4.78 is 2.25. The molecular weight excluding hydrogens is 236 g/mol. The third-order valence-corrected chi connectivity index (χ3v) is 4.88. The lowest BCUT2D eigenvalue weighted by atomic mass is 9.88. The van der Waals surface area contributed by atoms with Crippen molar-refractivity contribution < 1.29 is 0 Å². The van der Waals surface area contributed by atoms with Crippen molar-refractivity contribution in [1.29, 1.82) is 0 Å². The summed E-state index contributed by atoms with van der Waals surface area (Å²) in [6.45, 7) is 8.12. The fourth-order valence-corrected chi connectivity index (χ4v) is 3.58. The molecule has 4 nitrogen and oxygen atoms in total. The second-order valence-corrected chi connectivity index (χ2v) is 6.05. The van der Waals surface area contributed by atoms with Gasteiger partial charge in [-0.2, -0.15) is 0 Å². The summed E-state index contributed by atoms with van der Waals surface area (Å²) in [4.78, 5) is 6.90. The Morgan fingerprint density at radius 3 is 2.74 bits per heavy atom. The lowest BCUT2D eigenvalue weighted by molar-refractivity contribution is 0.159. The van der Waals surface area contributed by atoms with Gasteiger partial charge >= 0.3 is 0 Å². The molecule has 0 bridgehead atoms. The molecule has 0 amide bonds. The standard InChI is InChI=1S/C15H26N4/c1-13-16-7-10-19(13)12-11-18-8-4-14(5-9-18)15-3-2-6-17-15/h7,10,14-15,17H,2-6,8-9,11-12H2,1H3. The van der Waals surface area contributed by atoms with E-state index in [-0.39, 0.29) is 0 Å². The first kappa shape index (κ1) is 13.1. The number of hydrogen-bond acceptors (Lipinski definition) is 3. The van der Waals surface area contributed by atoms with E-state index in [2.05, 4.69) is 32.9 Å². The number of aryl methyl sites for hydroxylation is 1. The minimum absolute atomic E-state index is 0.818. The van der Waals surface area contributed by atoms with Gasteiger partial charge in [0.25, 0.3) is 0 Å². The van der Waals surface area contributed by atoms with E-state index < -0.39 is 0 Å². The van der Waals surface area contributed by atoms with Gasteiger partial charge in [0.05, 0.1) is 0 Å². The van der Waals surface area contributed by atoms with E-state index in [0.717, 1.165) is 24.3 Å². The average Bonchev–Trinajstić information content (AvgIpc) is 3.09. The molecule has 0 radical (unpaired) electrons. The molecule has 0 aromatic carbocycles. The largest absolute Gasteiger partial charge is 0.334 e. The highest BCUT2D eigenvalue weighted by atomic mass is 15.2. The van der Waals surface area contributed by atoms with E-state index in [1.54, 1.807) is 0 Å². The maximum Gasteiger partial charge on any atom is 0.105 e. The van der Waals surface area contributed by atoms with Gasteiger partial charge in [-0.3, -0.25) is 0 Å². The molecule has 1 unspecified atom stereocenters. The molecule has 1 aromatic heterocycles. The normalized spacial score (nSPS) is 26.1. The lowest BCUT2D eigenvalue weighted by Crippen LogP contribution is -2.41. The third kappa shape index (κ3) is 3.18. The van der Waals surface area contributed by atoms with E-state index >= 15 is 0 Å². The van der Waals surface area contributed by atoms with E-state index in [9.17, 15) is 0 Å². The number of aromatic nitrogens is 2. The second-order valence-electron chi connectivity index (χ2n) is 6.05. The minimum Gasteiger partial charge on any atom is -0.334 e. The van der Waals surface area contributed by atoms with Gasteiger partial charge in [0.2, 0.25) is 0 Å². The molecule has 2 fully saturated rings. The molecule has 0 saturated carbocycles. The maximum absolute atomic E-state index is 4.28. The van der Waals surface area contributed by atoms with Crippen LogP contribution < -0.4 is 5.32 Å². The van der Waals surface area contributed by atoms with Crippen LogP contribution in [0.4, 0.5) is 0 Å². The predicted octanol–water partition coefficient (Wildman–Crippen LogP) is 1.66. The second kappa shape index (κ2) is 6.06. The SMILES string of the molecule is Cc1nccn1CCN1CCC(C2CCCN2)CC1. The topological polar surface area (TPSA) is 33.1 Å². The molecule has 1 aromatic rings. The molecule has 0 spiro atoms. The first-order valence-electron chi connectivity index (χ1n) is 7.76. The highest BCUT2D eigenvalue weighted by Gasteiger charge is 2.27. The number of likely N-dealkylation sites (tertiary alicyclic amines) is 1. The summed E-state index contributed by atoms with van der Waals surface area (Å²) in [5, 5.41) is 3.67. The van der Waals surface area contributed by atoms with Crippen LogP contribution in [-0.2, 0) is 6.54 Å². The summed E-state index contributed by atoms with van der Waals surface area (Å²) in [6.07, 6.45) is 9.52. The Balaban J connectivity index is 1.41. The molecule has 2 aliphatic rings. The predicted molar refractivity (Wildman–Crippen MR) is 77.2 cm³/mol. The van der Waals surface area contributed by atoms with Crippen LogP contribution in [0.5, 0.6) is 0 Å². The van der Waals surface area contributed by atoms with Crippen LogP contribution >= 0.6 is 0 Å². The van der Waals surface area contributed by atoms with Crippen molar-refractivity contribution in [3.63, 3.8) is 0 Å². The van der Waals surface area contributed by atoms with Gasteiger partial charge < -0.3 is 14.8 Å². The summed E-state index contributed by atoms with van der Waals surface area (Å²) in [5.74, 6) is 2.05. The summed E-state index contributed by atoms with van der Waals surface area (Å²) in [5.41, 5.74) is 0. The quantitative estimate of drug-likeness (QED) is 0.896. The number of rotatable bonds is 4. The highest BCUT2D eigenvalue weighted by Crippen LogP contribution is 2.25. The van der Waals surface area contributed by atoms with Crippen molar-refractivity contribution in [3.8, 4) is 0 Å². The Kier molecular flexibility index (Phi) is 4.18. The van der Waals surface area contributed by atoms with Crippen LogP contribution in [-0.4, -0.2) is 46.7 Å². The number of imidazole rings is 1. The maximum atomic E-state index is 4.28. The van der Waals surface area contributed by atoms with Crippen LogP contribution in [0.25, 0.3) is 0 Å². The molecule has 3 heterocycles. The number of piperidine rings is 1. The zero-order valence-electron chi connectivity index (χ0n) is 12.0. The third-order valence-electron chi connectivity index (χ3n) is 4.88. The lowest BCUT2D eigenvalue weighted by Gasteiger charge is -2.35. The van der Waals surface area contributed by atoms with Crippen molar-refractivity contribution in [3.05, 3.63) is 18.2 Å². The summed E-state index contributed by atoms with van der Waals surface area (Å²) >= 11 is 0. The van der Waals surface area contributed by atoms with E-state index in [1.165, 1.54) is 51.9 Å². The molecule has 1 N–H and O–H groups in total. The monoisotopic (exact) mass is 262 g/mol.